The van der Waals surface area contributed by atoms with Gasteiger partial charge in [0.05, 0.1) is 27.2 Å². The van der Waals surface area contributed by atoms with Crippen molar-refractivity contribution in [2.45, 2.75) is 11.8 Å². The Morgan fingerprint density at radius 2 is 1.73 bits per heavy atom. The van der Waals surface area contributed by atoms with Gasteiger partial charge in [0.2, 0.25) is 0 Å². The third-order valence-corrected chi connectivity index (χ3v) is 8.04. The topological polar surface area (TPSA) is 89.8 Å². The van der Waals surface area contributed by atoms with Gasteiger partial charge in [-0.3, -0.25) is 9.52 Å². The van der Waals surface area contributed by atoms with E-state index in [2.05, 4.69) is 9.71 Å². The zero-order valence-corrected chi connectivity index (χ0v) is 20.4. The molecule has 3 aromatic carbocycles. The van der Waals surface area contributed by atoms with Crippen LogP contribution in [0.5, 0.6) is 5.75 Å². The summed E-state index contributed by atoms with van der Waals surface area (Å²) in [7, 11) is -0.430. The van der Waals surface area contributed by atoms with Crippen molar-refractivity contribution < 1.29 is 17.9 Å². The number of hydrogen-bond acceptors (Lipinski definition) is 5. The Balaban J connectivity index is 1.58. The van der Waals surface area contributed by atoms with Crippen molar-refractivity contribution in [1.29, 1.82) is 0 Å². The van der Waals surface area contributed by atoms with Crippen LogP contribution in [-0.2, 0) is 17.1 Å². The third kappa shape index (κ3) is 4.66. The second-order valence-corrected chi connectivity index (χ2v) is 10.3. The van der Waals surface area contributed by atoms with E-state index < -0.39 is 15.9 Å². The number of aryl methyl sites for hydroxylation is 2. The summed E-state index contributed by atoms with van der Waals surface area (Å²) < 4.78 is 35.4. The molecule has 10 heteroatoms. The van der Waals surface area contributed by atoms with Crippen LogP contribution in [-0.4, -0.2) is 26.0 Å². The van der Waals surface area contributed by atoms with E-state index in [0.29, 0.717) is 26.8 Å². The van der Waals surface area contributed by atoms with E-state index in [4.69, 9.17) is 16.3 Å². The molecule has 7 nitrogen and oxygen atoms in total. The largest absolute Gasteiger partial charge is 0.497 e. The molecule has 4 aromatic rings. The fourth-order valence-corrected chi connectivity index (χ4v) is 5.74. The molecule has 0 spiro atoms. The van der Waals surface area contributed by atoms with Crippen LogP contribution in [0.15, 0.2) is 70.6 Å². The lowest BCUT2D eigenvalue weighted by Crippen LogP contribution is -2.14. The first-order valence-electron chi connectivity index (χ1n) is 9.80. The maximum absolute atomic E-state index is 12.7. The third-order valence-electron chi connectivity index (χ3n) is 5.05. The number of ether oxygens (including phenoxy) is 1. The Morgan fingerprint density at radius 3 is 2.33 bits per heavy atom. The van der Waals surface area contributed by atoms with Gasteiger partial charge >= 0.3 is 0 Å². The molecule has 0 radical (unpaired) electrons. The minimum atomic E-state index is -3.78. The van der Waals surface area contributed by atoms with E-state index >= 15 is 0 Å². The van der Waals surface area contributed by atoms with Gasteiger partial charge in [0.1, 0.15) is 5.75 Å². The van der Waals surface area contributed by atoms with Gasteiger partial charge in [-0.25, -0.2) is 8.42 Å². The van der Waals surface area contributed by atoms with Gasteiger partial charge in [0, 0.05) is 18.3 Å². The molecule has 0 fully saturated rings. The predicted octanol–water partition coefficient (Wildman–Crippen LogP) is 4.75. The standard InChI is InChI=1S/C23H20ClN3O4S2/c1-14-4-13-19(24)21-20(14)27(2)23(32-21)25-22(28)15-5-7-16(8-6-15)26-33(29,30)18-11-9-17(31-3)10-12-18/h4-13,26H,1-3H3. The number of fused-ring (bicyclic) bond motifs is 1. The molecule has 170 valence electrons. The number of anilines is 1. The highest BCUT2D eigenvalue weighted by atomic mass is 35.5. The minimum Gasteiger partial charge on any atom is -0.497 e. The maximum atomic E-state index is 12.7. The molecule has 0 aliphatic rings. The molecule has 1 heterocycles. The molecule has 1 amide bonds. The average molecular weight is 502 g/mol. The first kappa shape index (κ1) is 23.0. The van der Waals surface area contributed by atoms with Crippen LogP contribution < -0.4 is 14.3 Å². The summed E-state index contributed by atoms with van der Waals surface area (Å²) in [6.45, 7) is 1.97. The zero-order valence-electron chi connectivity index (χ0n) is 18.0. The number of halogens is 1. The van der Waals surface area contributed by atoms with Gasteiger partial charge in [-0.15, -0.1) is 0 Å². The van der Waals surface area contributed by atoms with Crippen molar-refractivity contribution in [2.75, 3.05) is 11.8 Å². The van der Waals surface area contributed by atoms with Crippen molar-refractivity contribution in [2.24, 2.45) is 12.0 Å². The monoisotopic (exact) mass is 501 g/mol. The number of nitrogens with one attached hydrogen (secondary N) is 1. The Labute approximate surface area is 200 Å². The summed E-state index contributed by atoms with van der Waals surface area (Å²) in [5.74, 6) is 0.125. The first-order chi connectivity index (χ1) is 15.7. The Kier molecular flexibility index (Phi) is 6.29. The smallest absolute Gasteiger partial charge is 0.279 e. The maximum Gasteiger partial charge on any atom is 0.279 e. The van der Waals surface area contributed by atoms with E-state index in [0.717, 1.165) is 15.8 Å². The lowest BCUT2D eigenvalue weighted by atomic mass is 10.2. The second-order valence-electron chi connectivity index (χ2n) is 7.26. The molecule has 0 aliphatic carbocycles. The molecule has 0 atom stereocenters. The predicted molar refractivity (Wildman–Crippen MR) is 131 cm³/mol. The number of carbonyl (C=O) groups excluding carboxylic acids is 1. The molecular formula is C23H20ClN3O4S2. The fourth-order valence-electron chi connectivity index (χ4n) is 3.31. The van der Waals surface area contributed by atoms with Crippen LogP contribution in [0.3, 0.4) is 0 Å². The van der Waals surface area contributed by atoms with E-state index in [1.807, 2.05) is 30.7 Å². The number of amides is 1. The van der Waals surface area contributed by atoms with Crippen molar-refractivity contribution >= 4 is 54.8 Å². The van der Waals surface area contributed by atoms with E-state index in [-0.39, 0.29) is 4.90 Å². The number of carbonyl (C=O) groups is 1. The number of hydrogen-bond donors (Lipinski definition) is 1. The summed E-state index contributed by atoms with van der Waals surface area (Å²) in [6, 6.07) is 15.9. The quantitative estimate of drug-likeness (QED) is 0.427. The van der Waals surface area contributed by atoms with Gasteiger partial charge in [-0.2, -0.15) is 4.99 Å². The average Bonchev–Trinajstić information content (AvgIpc) is 3.13. The number of aromatic nitrogens is 1. The molecule has 4 rings (SSSR count). The second kappa shape index (κ2) is 9.01. The highest BCUT2D eigenvalue weighted by molar-refractivity contribution is 7.92. The Hall–Kier alpha value is -3.14. The first-order valence-corrected chi connectivity index (χ1v) is 12.5. The van der Waals surface area contributed by atoms with Crippen molar-refractivity contribution in [3.8, 4) is 5.75 Å². The summed E-state index contributed by atoms with van der Waals surface area (Å²) >= 11 is 7.65. The Morgan fingerprint density at radius 1 is 1.06 bits per heavy atom. The summed E-state index contributed by atoms with van der Waals surface area (Å²) in [6.07, 6.45) is 0. The molecule has 0 unspecified atom stereocenters. The van der Waals surface area contributed by atoms with Gasteiger partial charge < -0.3 is 9.30 Å². The molecule has 0 saturated heterocycles. The highest BCUT2D eigenvalue weighted by Gasteiger charge is 2.15. The Bertz CT molecular complexity index is 1520. The number of methoxy groups -OCH3 is 1. The lowest BCUT2D eigenvalue weighted by Gasteiger charge is -2.09. The molecular weight excluding hydrogens is 482 g/mol. The van der Waals surface area contributed by atoms with Crippen LogP contribution in [0, 0.1) is 6.92 Å². The lowest BCUT2D eigenvalue weighted by molar-refractivity contribution is 0.0998. The summed E-state index contributed by atoms with van der Waals surface area (Å²) in [5, 5.41) is 0.610. The molecule has 0 bridgehead atoms. The number of thiazole rings is 1. The van der Waals surface area contributed by atoms with Gasteiger partial charge in [-0.05, 0) is 67.1 Å². The van der Waals surface area contributed by atoms with Crippen molar-refractivity contribution in [3.05, 3.63) is 81.6 Å². The van der Waals surface area contributed by atoms with Crippen LogP contribution in [0.2, 0.25) is 5.02 Å². The molecule has 33 heavy (non-hydrogen) atoms. The van der Waals surface area contributed by atoms with E-state index in [1.165, 1.54) is 54.8 Å². The van der Waals surface area contributed by atoms with Crippen LogP contribution >= 0.6 is 22.9 Å². The number of nitrogens with zero attached hydrogens (tertiary/aromatic N) is 2. The molecule has 0 aliphatic heterocycles. The van der Waals surface area contributed by atoms with E-state index in [9.17, 15) is 13.2 Å². The number of sulfonamides is 1. The van der Waals surface area contributed by atoms with Crippen LogP contribution in [0.1, 0.15) is 15.9 Å². The minimum absolute atomic E-state index is 0.102. The molecule has 1 aromatic heterocycles. The van der Waals surface area contributed by atoms with Gasteiger partial charge in [0.25, 0.3) is 15.9 Å². The number of rotatable bonds is 5. The summed E-state index contributed by atoms with van der Waals surface area (Å²) in [5.41, 5.74) is 2.64. The highest BCUT2D eigenvalue weighted by Crippen LogP contribution is 2.28. The van der Waals surface area contributed by atoms with Crippen LogP contribution in [0.25, 0.3) is 10.2 Å². The van der Waals surface area contributed by atoms with Gasteiger partial charge in [-0.1, -0.05) is 29.0 Å². The zero-order chi connectivity index (χ0) is 23.8. The van der Waals surface area contributed by atoms with Gasteiger partial charge in [0.15, 0.2) is 4.80 Å². The SMILES string of the molecule is COc1ccc(S(=O)(=O)Nc2ccc(C(=O)N=c3sc4c(Cl)ccc(C)c4n3C)cc2)cc1. The molecule has 1 N–H and O–H groups in total. The number of benzene rings is 3. The molecule has 0 saturated carbocycles. The van der Waals surface area contributed by atoms with Crippen LogP contribution in [0.4, 0.5) is 5.69 Å². The normalized spacial score (nSPS) is 12.2. The van der Waals surface area contributed by atoms with E-state index in [1.54, 1.807) is 12.1 Å². The summed E-state index contributed by atoms with van der Waals surface area (Å²) in [4.78, 5) is 17.6. The van der Waals surface area contributed by atoms with Crippen molar-refractivity contribution in [3.63, 3.8) is 0 Å². The van der Waals surface area contributed by atoms with Crippen molar-refractivity contribution in [1.82, 2.24) is 4.57 Å². The fraction of sp³-hybridized carbons (Fsp3) is 0.130.